The van der Waals surface area contributed by atoms with Crippen molar-refractivity contribution in [2.45, 2.75) is 31.5 Å². The van der Waals surface area contributed by atoms with Crippen molar-refractivity contribution in [3.05, 3.63) is 42.0 Å². The smallest absolute Gasteiger partial charge is 0.246 e. The fourth-order valence-electron chi connectivity index (χ4n) is 2.41. The molecule has 1 heterocycles. The van der Waals surface area contributed by atoms with E-state index in [0.29, 0.717) is 19.4 Å². The van der Waals surface area contributed by atoms with Gasteiger partial charge in [0.2, 0.25) is 5.91 Å². The van der Waals surface area contributed by atoms with Gasteiger partial charge in [-0.2, -0.15) is 0 Å². The molecule has 1 aliphatic rings. The number of carbonyl (C=O) groups excluding carboxylic acids is 1. The first kappa shape index (κ1) is 14.8. The van der Waals surface area contributed by atoms with Gasteiger partial charge in [0, 0.05) is 19.2 Å². The van der Waals surface area contributed by atoms with Crippen LogP contribution < -0.4 is 0 Å². The molecule has 0 saturated carbocycles. The van der Waals surface area contributed by atoms with E-state index in [0.717, 1.165) is 5.56 Å². The number of nitrogens with zero attached hydrogens (tertiary/aromatic N) is 1. The van der Waals surface area contributed by atoms with Gasteiger partial charge in [0.25, 0.3) is 0 Å². The van der Waals surface area contributed by atoms with Crippen LogP contribution in [0.2, 0.25) is 0 Å². The maximum Gasteiger partial charge on any atom is 0.246 e. The summed E-state index contributed by atoms with van der Waals surface area (Å²) >= 11 is 0. The lowest BCUT2D eigenvalue weighted by Gasteiger charge is -2.41. The zero-order valence-corrected chi connectivity index (χ0v) is 11.7. The third kappa shape index (κ3) is 3.26. The van der Waals surface area contributed by atoms with Crippen LogP contribution in [0.25, 0.3) is 6.08 Å². The highest BCUT2D eigenvalue weighted by atomic mass is 16.3. The molecule has 1 aliphatic heterocycles. The number of rotatable bonds is 3. The van der Waals surface area contributed by atoms with Gasteiger partial charge in [-0.25, -0.2) is 0 Å². The van der Waals surface area contributed by atoms with Crippen LogP contribution in [0.3, 0.4) is 0 Å². The Kier molecular flexibility index (Phi) is 4.57. The topological polar surface area (TPSA) is 60.8 Å². The third-order valence-electron chi connectivity index (χ3n) is 3.97. The van der Waals surface area contributed by atoms with Gasteiger partial charge in [0.15, 0.2) is 0 Å². The summed E-state index contributed by atoms with van der Waals surface area (Å²) in [4.78, 5) is 13.6. The predicted molar refractivity (Wildman–Crippen MR) is 77.9 cm³/mol. The summed E-state index contributed by atoms with van der Waals surface area (Å²) in [7, 11) is 0. The highest BCUT2D eigenvalue weighted by Gasteiger charge is 2.39. The molecule has 0 unspecified atom stereocenters. The molecule has 2 rings (SSSR count). The number of amides is 1. The number of benzene rings is 1. The molecule has 1 amide bonds. The zero-order chi connectivity index (χ0) is 14.6. The zero-order valence-electron chi connectivity index (χ0n) is 11.7. The van der Waals surface area contributed by atoms with Gasteiger partial charge in [-0.05, 0) is 24.5 Å². The fraction of sp³-hybridized carbons (Fsp3) is 0.438. The second-order valence-electron chi connectivity index (χ2n) is 5.25. The summed E-state index contributed by atoms with van der Waals surface area (Å²) in [5.41, 5.74) is -0.0941. The lowest BCUT2D eigenvalue weighted by molar-refractivity contribution is -0.145. The van der Waals surface area contributed by atoms with E-state index in [1.54, 1.807) is 11.0 Å². The summed E-state index contributed by atoms with van der Waals surface area (Å²) in [6.07, 6.45) is 3.30. The molecule has 1 aromatic rings. The van der Waals surface area contributed by atoms with Crippen molar-refractivity contribution < 1.29 is 15.0 Å². The first-order valence-electron chi connectivity index (χ1n) is 6.97. The minimum absolute atomic E-state index is 0.133. The Labute approximate surface area is 119 Å². The van der Waals surface area contributed by atoms with Crippen molar-refractivity contribution in [3.63, 3.8) is 0 Å². The highest BCUT2D eigenvalue weighted by Crippen LogP contribution is 2.25. The highest BCUT2D eigenvalue weighted by molar-refractivity contribution is 5.91. The van der Waals surface area contributed by atoms with E-state index >= 15 is 0 Å². The largest absolute Gasteiger partial charge is 0.388 e. The van der Waals surface area contributed by atoms with Crippen LogP contribution in [0.4, 0.5) is 0 Å². The van der Waals surface area contributed by atoms with E-state index in [1.165, 1.54) is 6.08 Å². The molecule has 20 heavy (non-hydrogen) atoms. The summed E-state index contributed by atoms with van der Waals surface area (Å²) in [5.74, 6) is -0.133. The number of carbonyl (C=O) groups is 1. The molecule has 0 aromatic heterocycles. The maximum atomic E-state index is 12.1. The van der Waals surface area contributed by atoms with E-state index in [9.17, 15) is 15.0 Å². The van der Waals surface area contributed by atoms with Crippen LogP contribution in [0.5, 0.6) is 0 Å². The van der Waals surface area contributed by atoms with E-state index in [2.05, 4.69) is 0 Å². The van der Waals surface area contributed by atoms with E-state index in [1.807, 2.05) is 37.3 Å². The lowest BCUT2D eigenvalue weighted by atomic mass is 9.86. The van der Waals surface area contributed by atoms with Crippen LogP contribution in [0.1, 0.15) is 25.3 Å². The molecule has 108 valence electrons. The van der Waals surface area contributed by atoms with Crippen molar-refractivity contribution in [1.29, 1.82) is 0 Å². The Balaban J connectivity index is 1.96. The summed E-state index contributed by atoms with van der Waals surface area (Å²) in [6.45, 7) is 2.50. The molecule has 0 radical (unpaired) electrons. The molecular weight excluding hydrogens is 254 g/mol. The number of aliphatic hydroxyl groups excluding tert-OH is 1. The summed E-state index contributed by atoms with van der Waals surface area (Å²) < 4.78 is 0. The molecule has 1 fully saturated rings. The van der Waals surface area contributed by atoms with Crippen molar-refractivity contribution in [2.24, 2.45) is 0 Å². The number of hydrogen-bond donors (Lipinski definition) is 2. The molecule has 0 aliphatic carbocycles. The molecule has 1 aromatic carbocycles. The molecule has 2 atom stereocenters. The van der Waals surface area contributed by atoms with Crippen molar-refractivity contribution in [2.75, 3.05) is 13.1 Å². The number of hydrogen-bond acceptors (Lipinski definition) is 3. The number of piperidine rings is 1. The van der Waals surface area contributed by atoms with Crippen LogP contribution in [0.15, 0.2) is 36.4 Å². The average Bonchev–Trinajstić information content (AvgIpc) is 2.48. The Hall–Kier alpha value is -1.65. The van der Waals surface area contributed by atoms with Gasteiger partial charge >= 0.3 is 0 Å². The van der Waals surface area contributed by atoms with Gasteiger partial charge in [-0.15, -0.1) is 0 Å². The maximum absolute atomic E-state index is 12.1. The summed E-state index contributed by atoms with van der Waals surface area (Å²) in [5, 5.41) is 20.1. The summed E-state index contributed by atoms with van der Waals surface area (Å²) in [6, 6.07) is 9.59. The van der Waals surface area contributed by atoms with Gasteiger partial charge < -0.3 is 15.1 Å². The number of β-amino-alcohol motifs (C(OH)–C–C–N with tert-alkyl or cyclic N) is 1. The molecule has 0 bridgehead atoms. The Bertz CT molecular complexity index is 486. The molecular formula is C16H21NO3. The molecule has 1 saturated heterocycles. The molecule has 4 nitrogen and oxygen atoms in total. The van der Waals surface area contributed by atoms with Crippen LogP contribution >= 0.6 is 0 Å². The second kappa shape index (κ2) is 6.20. The monoisotopic (exact) mass is 275 g/mol. The molecule has 2 N–H and O–H groups in total. The predicted octanol–water partition coefficient (Wildman–Crippen LogP) is 1.43. The van der Waals surface area contributed by atoms with E-state index in [-0.39, 0.29) is 12.5 Å². The van der Waals surface area contributed by atoms with Crippen molar-refractivity contribution in [3.8, 4) is 0 Å². The second-order valence-corrected chi connectivity index (χ2v) is 5.25. The van der Waals surface area contributed by atoms with Crippen LogP contribution in [0, 0.1) is 0 Å². The average molecular weight is 275 g/mol. The fourth-order valence-corrected chi connectivity index (χ4v) is 2.41. The first-order valence-corrected chi connectivity index (χ1v) is 6.97. The quantitative estimate of drug-likeness (QED) is 0.821. The van der Waals surface area contributed by atoms with Crippen LogP contribution in [-0.4, -0.2) is 45.8 Å². The molecule has 4 heteroatoms. The Morgan fingerprint density at radius 2 is 2.15 bits per heavy atom. The van der Waals surface area contributed by atoms with Gasteiger partial charge in [-0.1, -0.05) is 37.3 Å². The van der Waals surface area contributed by atoms with E-state index in [4.69, 9.17) is 0 Å². The van der Waals surface area contributed by atoms with Crippen LogP contribution in [-0.2, 0) is 4.79 Å². The van der Waals surface area contributed by atoms with E-state index < -0.39 is 11.7 Å². The number of aliphatic hydroxyl groups is 2. The van der Waals surface area contributed by atoms with Gasteiger partial charge in [0.1, 0.15) is 6.10 Å². The number of likely N-dealkylation sites (tertiary alicyclic amines) is 1. The SMILES string of the molecule is CC[C@@]1(O)CCN(C(=O)C=Cc2ccccc2)C[C@H]1O. The van der Waals surface area contributed by atoms with Crippen molar-refractivity contribution >= 4 is 12.0 Å². The first-order chi connectivity index (χ1) is 9.55. The lowest BCUT2D eigenvalue weighted by Crippen LogP contribution is -2.56. The molecule has 0 spiro atoms. The van der Waals surface area contributed by atoms with Gasteiger partial charge in [0.05, 0.1) is 5.60 Å². The third-order valence-corrected chi connectivity index (χ3v) is 3.97. The Morgan fingerprint density at radius 1 is 1.45 bits per heavy atom. The Morgan fingerprint density at radius 3 is 2.75 bits per heavy atom. The van der Waals surface area contributed by atoms with Gasteiger partial charge in [-0.3, -0.25) is 4.79 Å². The minimum atomic E-state index is -1.06. The normalized spacial score (nSPS) is 26.9. The minimum Gasteiger partial charge on any atom is -0.388 e. The standard InChI is InChI=1S/C16H21NO3/c1-2-16(20)10-11-17(12-14(16)18)15(19)9-8-13-6-4-3-5-7-13/h3-9,14,18,20H,2,10-12H2,1H3/t14-,16-/m1/s1. The van der Waals surface area contributed by atoms with Crippen molar-refractivity contribution in [1.82, 2.24) is 4.90 Å².